The molecule has 0 spiro atoms. The van der Waals surface area contributed by atoms with Gasteiger partial charge in [-0.05, 0) is 50.6 Å². The first-order valence-corrected chi connectivity index (χ1v) is 10.6. The Bertz CT molecular complexity index is 1110. The summed E-state index contributed by atoms with van der Waals surface area (Å²) < 4.78 is 16.6. The summed E-state index contributed by atoms with van der Waals surface area (Å²) in [4.78, 5) is 28.8. The lowest BCUT2D eigenvalue weighted by Crippen LogP contribution is -2.29. The molecule has 1 aromatic heterocycles. The Hall–Kier alpha value is -3.65. The maximum atomic E-state index is 12.8. The monoisotopic (exact) mass is 452 g/mol. The fraction of sp³-hybridized carbons (Fsp3) is 0.320. The van der Waals surface area contributed by atoms with Crippen LogP contribution in [0.15, 0.2) is 52.9 Å². The fourth-order valence-electron chi connectivity index (χ4n) is 3.36. The molecule has 0 saturated carbocycles. The zero-order valence-electron chi connectivity index (χ0n) is 19.1. The van der Waals surface area contributed by atoms with Gasteiger partial charge in [-0.25, -0.2) is 9.78 Å². The average molecular weight is 453 g/mol. The van der Waals surface area contributed by atoms with Crippen molar-refractivity contribution >= 4 is 17.6 Å². The van der Waals surface area contributed by atoms with Crippen molar-refractivity contribution in [2.75, 3.05) is 12.4 Å². The number of oxazole rings is 1. The third kappa shape index (κ3) is 6.43. The lowest BCUT2D eigenvalue weighted by atomic mass is 10.1. The number of nitrogens with one attached hydrogen (secondary N) is 1. The van der Waals surface area contributed by atoms with Crippen LogP contribution in [0.4, 0.5) is 5.69 Å². The van der Waals surface area contributed by atoms with Gasteiger partial charge in [0.25, 0.3) is 0 Å². The average Bonchev–Trinajstić information content (AvgIpc) is 3.13. The minimum absolute atomic E-state index is 0.0176. The Morgan fingerprint density at radius 1 is 1.15 bits per heavy atom. The van der Waals surface area contributed by atoms with Crippen molar-refractivity contribution in [3.05, 3.63) is 65.5 Å². The van der Waals surface area contributed by atoms with Gasteiger partial charge < -0.3 is 24.3 Å². The van der Waals surface area contributed by atoms with Gasteiger partial charge in [0.2, 0.25) is 11.8 Å². The summed E-state index contributed by atoms with van der Waals surface area (Å²) in [5, 5.41) is 12.3. The van der Waals surface area contributed by atoms with E-state index >= 15 is 0 Å². The number of hydrogen-bond acceptors (Lipinski definition) is 6. The van der Waals surface area contributed by atoms with Crippen LogP contribution in [0.5, 0.6) is 5.75 Å². The number of carbonyl (C=O) groups excluding carboxylic acids is 1. The van der Waals surface area contributed by atoms with Crippen LogP contribution >= 0.6 is 0 Å². The van der Waals surface area contributed by atoms with Gasteiger partial charge in [0.15, 0.2) is 6.10 Å². The number of carboxylic acids is 1. The van der Waals surface area contributed by atoms with Gasteiger partial charge >= 0.3 is 5.97 Å². The van der Waals surface area contributed by atoms with Gasteiger partial charge in [-0.2, -0.15) is 0 Å². The van der Waals surface area contributed by atoms with Crippen LogP contribution < -0.4 is 10.1 Å². The molecule has 0 bridgehead atoms. The summed E-state index contributed by atoms with van der Waals surface area (Å²) in [5.41, 5.74) is 2.51. The molecule has 3 rings (SSSR count). The predicted molar refractivity (Wildman–Crippen MR) is 123 cm³/mol. The molecule has 0 aliphatic rings. The van der Waals surface area contributed by atoms with Crippen LogP contribution in [0.25, 0.3) is 11.5 Å². The van der Waals surface area contributed by atoms with Crippen molar-refractivity contribution in [2.24, 2.45) is 0 Å². The first-order valence-electron chi connectivity index (χ1n) is 10.6. The quantitative estimate of drug-likeness (QED) is 0.473. The van der Waals surface area contributed by atoms with E-state index in [4.69, 9.17) is 13.9 Å². The molecule has 0 aliphatic carbocycles. The highest BCUT2D eigenvalue weighted by molar-refractivity contribution is 5.93. The second-order valence-electron chi connectivity index (χ2n) is 7.86. The Morgan fingerprint density at radius 2 is 1.88 bits per heavy atom. The van der Waals surface area contributed by atoms with Gasteiger partial charge in [0, 0.05) is 12.0 Å². The van der Waals surface area contributed by atoms with Crippen molar-refractivity contribution in [2.45, 2.75) is 45.8 Å². The lowest BCUT2D eigenvalue weighted by molar-refractivity contribution is -0.153. The largest absolute Gasteiger partial charge is 0.495 e. The third-order valence-electron chi connectivity index (χ3n) is 4.91. The van der Waals surface area contributed by atoms with Crippen LogP contribution in [0.1, 0.15) is 30.9 Å². The number of carbonyl (C=O) groups is 2. The summed E-state index contributed by atoms with van der Waals surface area (Å²) in [6, 6.07) is 14.6. The van der Waals surface area contributed by atoms with E-state index in [9.17, 15) is 14.7 Å². The molecule has 2 N–H and O–H groups in total. The molecule has 33 heavy (non-hydrogen) atoms. The van der Waals surface area contributed by atoms with E-state index in [1.807, 2.05) is 30.3 Å². The number of anilines is 1. The summed E-state index contributed by atoms with van der Waals surface area (Å²) >= 11 is 0. The molecule has 8 heteroatoms. The maximum Gasteiger partial charge on any atom is 0.333 e. The zero-order valence-corrected chi connectivity index (χ0v) is 19.1. The van der Waals surface area contributed by atoms with Gasteiger partial charge in [-0.1, -0.05) is 24.3 Å². The number of nitrogens with zero attached hydrogens (tertiary/aromatic N) is 1. The lowest BCUT2D eigenvalue weighted by Gasteiger charge is -2.18. The number of aromatic nitrogens is 1. The molecule has 2 aromatic carbocycles. The van der Waals surface area contributed by atoms with Crippen molar-refractivity contribution in [1.82, 2.24) is 4.98 Å². The molecule has 0 fully saturated rings. The van der Waals surface area contributed by atoms with Crippen LogP contribution in [0.3, 0.4) is 0 Å². The zero-order chi connectivity index (χ0) is 24.0. The number of aryl methyl sites for hydroxylation is 1. The topological polar surface area (TPSA) is 111 Å². The molecule has 0 saturated heterocycles. The van der Waals surface area contributed by atoms with E-state index in [2.05, 4.69) is 10.3 Å². The number of hydrogen-bond donors (Lipinski definition) is 2. The van der Waals surface area contributed by atoms with Gasteiger partial charge in [-0.3, -0.25) is 4.79 Å². The van der Waals surface area contributed by atoms with Gasteiger partial charge in [0.05, 0.1) is 31.0 Å². The maximum absolute atomic E-state index is 12.8. The normalized spacial score (nSPS) is 11.9. The highest BCUT2D eigenvalue weighted by Gasteiger charge is 2.21. The number of benzene rings is 2. The molecule has 0 aliphatic heterocycles. The van der Waals surface area contributed by atoms with E-state index in [-0.39, 0.29) is 24.9 Å². The molecule has 1 unspecified atom stereocenters. The number of aliphatic carboxylic acids is 1. The standard InChI is InChI=1S/C25H28N2O6/c1-15(2)32-22(25(29)30)13-17-10-11-21(31-4)20(12-17)26-23(28)14-19-16(3)33-24(27-19)18-8-6-5-7-9-18/h5-12,15,22H,13-14H2,1-4H3,(H,26,28)(H,29,30). The smallest absolute Gasteiger partial charge is 0.333 e. The summed E-state index contributed by atoms with van der Waals surface area (Å²) in [6.07, 6.45) is -1.04. The second kappa shape index (κ2) is 10.8. The van der Waals surface area contributed by atoms with Crippen LogP contribution in [-0.2, 0) is 27.2 Å². The van der Waals surface area contributed by atoms with Crippen molar-refractivity contribution < 1.29 is 28.6 Å². The van der Waals surface area contributed by atoms with Crippen LogP contribution in [0.2, 0.25) is 0 Å². The number of methoxy groups -OCH3 is 1. The Kier molecular flexibility index (Phi) is 7.84. The molecule has 8 nitrogen and oxygen atoms in total. The Labute approximate surface area is 192 Å². The van der Waals surface area contributed by atoms with E-state index in [1.165, 1.54) is 7.11 Å². The van der Waals surface area contributed by atoms with Crippen LogP contribution in [0, 0.1) is 6.92 Å². The van der Waals surface area contributed by atoms with E-state index in [1.54, 1.807) is 39.0 Å². The minimum Gasteiger partial charge on any atom is -0.495 e. The fourth-order valence-corrected chi connectivity index (χ4v) is 3.36. The highest BCUT2D eigenvalue weighted by atomic mass is 16.5. The molecular formula is C25H28N2O6. The minimum atomic E-state index is -1.04. The highest BCUT2D eigenvalue weighted by Crippen LogP contribution is 2.27. The summed E-state index contributed by atoms with van der Waals surface area (Å²) in [5.74, 6) is 0.154. The Balaban J connectivity index is 1.74. The summed E-state index contributed by atoms with van der Waals surface area (Å²) in [6.45, 7) is 5.33. The van der Waals surface area contributed by atoms with Gasteiger partial charge in [-0.15, -0.1) is 0 Å². The first kappa shape index (κ1) is 24.0. The number of amides is 1. The molecular weight excluding hydrogens is 424 g/mol. The predicted octanol–water partition coefficient (Wildman–Crippen LogP) is 4.26. The third-order valence-corrected chi connectivity index (χ3v) is 4.91. The number of carboxylic acid groups (broad SMARTS) is 1. The van der Waals surface area contributed by atoms with E-state index in [0.717, 1.165) is 5.56 Å². The SMILES string of the molecule is COc1ccc(CC(OC(C)C)C(=O)O)cc1NC(=O)Cc1nc(-c2ccccc2)oc1C. The molecule has 3 aromatic rings. The molecule has 1 amide bonds. The molecule has 1 atom stereocenters. The molecule has 174 valence electrons. The van der Waals surface area contributed by atoms with Gasteiger partial charge in [0.1, 0.15) is 11.5 Å². The first-order chi connectivity index (χ1) is 15.8. The molecule has 0 radical (unpaired) electrons. The summed E-state index contributed by atoms with van der Waals surface area (Å²) in [7, 11) is 1.50. The van der Waals surface area contributed by atoms with Crippen molar-refractivity contribution in [3.8, 4) is 17.2 Å². The van der Waals surface area contributed by atoms with Crippen molar-refractivity contribution in [3.63, 3.8) is 0 Å². The van der Waals surface area contributed by atoms with E-state index < -0.39 is 12.1 Å². The molecule has 1 heterocycles. The van der Waals surface area contributed by atoms with E-state index in [0.29, 0.717) is 34.3 Å². The second-order valence-corrected chi connectivity index (χ2v) is 7.86. The number of ether oxygens (including phenoxy) is 2. The number of rotatable bonds is 10. The van der Waals surface area contributed by atoms with Crippen LogP contribution in [-0.4, -0.2) is 41.3 Å². The van der Waals surface area contributed by atoms with Crippen molar-refractivity contribution in [1.29, 1.82) is 0 Å². The Morgan fingerprint density at radius 3 is 2.52 bits per heavy atom.